The lowest BCUT2D eigenvalue weighted by atomic mass is 9.93. The second kappa shape index (κ2) is 8.02. The molecule has 1 amide bonds. The molecule has 0 aliphatic carbocycles. The zero-order valence-electron chi connectivity index (χ0n) is 15.3. The van der Waals surface area contributed by atoms with Gasteiger partial charge in [0, 0.05) is 6.07 Å². The minimum absolute atomic E-state index is 0.0391. The first-order chi connectivity index (χ1) is 13.4. The number of nitrogens with one attached hydrogen (secondary N) is 1. The van der Waals surface area contributed by atoms with Gasteiger partial charge in [0.05, 0.1) is 11.5 Å². The van der Waals surface area contributed by atoms with Crippen LogP contribution in [0.5, 0.6) is 0 Å². The molecular weight excluding hydrogens is 356 g/mol. The lowest BCUT2D eigenvalue weighted by Crippen LogP contribution is -2.38. The molecule has 2 N–H and O–H groups in total. The van der Waals surface area contributed by atoms with Gasteiger partial charge in [-0.1, -0.05) is 66.7 Å². The van der Waals surface area contributed by atoms with Crippen LogP contribution in [-0.4, -0.2) is 22.5 Å². The molecule has 0 aliphatic heterocycles. The highest BCUT2D eigenvalue weighted by atomic mass is 16.6. The van der Waals surface area contributed by atoms with E-state index in [4.69, 9.17) is 0 Å². The smallest absolute Gasteiger partial charge is 0.282 e. The second-order valence-electron chi connectivity index (χ2n) is 6.67. The Morgan fingerprint density at radius 3 is 2.18 bits per heavy atom. The van der Waals surface area contributed by atoms with Crippen LogP contribution in [0.3, 0.4) is 0 Å². The Hall–Kier alpha value is -3.51. The molecule has 142 valence electrons. The van der Waals surface area contributed by atoms with E-state index in [1.807, 2.05) is 42.5 Å². The van der Waals surface area contributed by atoms with E-state index in [1.54, 1.807) is 25.1 Å². The SMILES string of the molecule is CC(O)(CNC(=O)c1ccccc1[N+](=O)[O-])c1ccc(-c2ccccc2)cc1. The van der Waals surface area contributed by atoms with Crippen LogP contribution in [0.2, 0.25) is 0 Å². The molecule has 1 atom stereocenters. The Bertz CT molecular complexity index is 983. The van der Waals surface area contributed by atoms with Crippen LogP contribution in [0.15, 0.2) is 78.9 Å². The number of benzene rings is 3. The van der Waals surface area contributed by atoms with Gasteiger partial charge in [0.2, 0.25) is 0 Å². The monoisotopic (exact) mass is 376 g/mol. The molecule has 0 fully saturated rings. The fraction of sp³-hybridized carbons (Fsp3) is 0.136. The van der Waals surface area contributed by atoms with Crippen molar-refractivity contribution in [3.63, 3.8) is 0 Å². The van der Waals surface area contributed by atoms with E-state index in [1.165, 1.54) is 18.2 Å². The number of carbonyl (C=O) groups excluding carboxylic acids is 1. The van der Waals surface area contributed by atoms with Crippen molar-refractivity contribution in [2.75, 3.05) is 6.54 Å². The van der Waals surface area contributed by atoms with E-state index in [2.05, 4.69) is 5.32 Å². The molecule has 3 rings (SSSR count). The molecule has 28 heavy (non-hydrogen) atoms. The van der Waals surface area contributed by atoms with E-state index in [0.29, 0.717) is 5.56 Å². The van der Waals surface area contributed by atoms with E-state index < -0.39 is 16.4 Å². The summed E-state index contributed by atoms with van der Waals surface area (Å²) < 4.78 is 0. The number of nitrogens with zero attached hydrogens (tertiary/aromatic N) is 1. The van der Waals surface area contributed by atoms with Crippen molar-refractivity contribution in [3.8, 4) is 11.1 Å². The molecule has 0 heterocycles. The largest absolute Gasteiger partial charge is 0.384 e. The van der Waals surface area contributed by atoms with Gasteiger partial charge in [-0.25, -0.2) is 0 Å². The number of carbonyl (C=O) groups is 1. The summed E-state index contributed by atoms with van der Waals surface area (Å²) in [5.74, 6) is -0.603. The summed E-state index contributed by atoms with van der Waals surface area (Å²) in [5, 5.41) is 24.4. The molecule has 1 unspecified atom stereocenters. The summed E-state index contributed by atoms with van der Waals surface area (Å²) in [7, 11) is 0. The maximum Gasteiger partial charge on any atom is 0.282 e. The van der Waals surface area contributed by atoms with Crippen molar-refractivity contribution in [2.45, 2.75) is 12.5 Å². The topological polar surface area (TPSA) is 92.5 Å². The minimum atomic E-state index is -1.32. The lowest BCUT2D eigenvalue weighted by Gasteiger charge is -2.24. The number of para-hydroxylation sites is 1. The standard InChI is InChI=1S/C22H20N2O4/c1-22(26,15-23-21(25)19-9-5-6-10-20(19)24(27)28)18-13-11-17(12-14-18)16-7-3-2-4-8-16/h2-14,26H,15H2,1H3,(H,23,25). The lowest BCUT2D eigenvalue weighted by molar-refractivity contribution is -0.385. The van der Waals surface area contributed by atoms with Crippen LogP contribution in [0.25, 0.3) is 11.1 Å². The second-order valence-corrected chi connectivity index (χ2v) is 6.67. The van der Waals surface area contributed by atoms with E-state index in [0.717, 1.165) is 11.1 Å². The van der Waals surface area contributed by atoms with E-state index >= 15 is 0 Å². The zero-order chi connectivity index (χ0) is 20.1. The average molecular weight is 376 g/mol. The summed E-state index contributed by atoms with van der Waals surface area (Å²) in [5.41, 5.74) is 1.08. The Kier molecular flexibility index (Phi) is 5.52. The van der Waals surface area contributed by atoms with E-state index in [-0.39, 0.29) is 17.8 Å². The summed E-state index contributed by atoms with van der Waals surface area (Å²) in [6.07, 6.45) is 0. The number of nitro groups is 1. The summed E-state index contributed by atoms with van der Waals surface area (Å²) in [4.78, 5) is 22.8. The average Bonchev–Trinajstić information content (AvgIpc) is 2.73. The van der Waals surface area contributed by atoms with Crippen molar-refractivity contribution in [1.82, 2.24) is 5.32 Å². The minimum Gasteiger partial charge on any atom is -0.384 e. The van der Waals surface area contributed by atoms with Crippen molar-refractivity contribution in [2.24, 2.45) is 0 Å². The molecule has 3 aromatic carbocycles. The number of amides is 1. The predicted molar refractivity (Wildman–Crippen MR) is 107 cm³/mol. The number of rotatable bonds is 6. The summed E-state index contributed by atoms with van der Waals surface area (Å²) in [6, 6.07) is 23.0. The van der Waals surface area contributed by atoms with Gasteiger partial charge in [0.25, 0.3) is 11.6 Å². The first-order valence-electron chi connectivity index (χ1n) is 8.78. The zero-order valence-corrected chi connectivity index (χ0v) is 15.3. The molecule has 0 aliphatic rings. The van der Waals surface area contributed by atoms with Gasteiger partial charge in [0.15, 0.2) is 0 Å². The Morgan fingerprint density at radius 2 is 1.54 bits per heavy atom. The Balaban J connectivity index is 1.72. The number of hydrogen-bond donors (Lipinski definition) is 2. The highest BCUT2D eigenvalue weighted by Gasteiger charge is 2.26. The molecule has 6 nitrogen and oxygen atoms in total. The molecule has 6 heteroatoms. The fourth-order valence-corrected chi connectivity index (χ4v) is 2.93. The van der Waals surface area contributed by atoms with Gasteiger partial charge >= 0.3 is 0 Å². The normalized spacial score (nSPS) is 12.8. The van der Waals surface area contributed by atoms with Crippen LogP contribution in [0.4, 0.5) is 5.69 Å². The highest BCUT2D eigenvalue weighted by molar-refractivity contribution is 5.98. The first kappa shape index (κ1) is 19.3. The maximum absolute atomic E-state index is 12.4. The molecule has 0 saturated carbocycles. The van der Waals surface area contributed by atoms with Gasteiger partial charge in [-0.15, -0.1) is 0 Å². The van der Waals surface area contributed by atoms with Crippen molar-refractivity contribution in [1.29, 1.82) is 0 Å². The third-order valence-electron chi connectivity index (χ3n) is 4.55. The fourth-order valence-electron chi connectivity index (χ4n) is 2.93. The molecule has 0 bridgehead atoms. The van der Waals surface area contributed by atoms with Gasteiger partial charge in [-0.2, -0.15) is 0 Å². The van der Waals surface area contributed by atoms with Crippen molar-refractivity contribution < 1.29 is 14.8 Å². The molecule has 0 aromatic heterocycles. The van der Waals surface area contributed by atoms with Gasteiger partial charge < -0.3 is 10.4 Å². The third kappa shape index (κ3) is 4.24. The molecule has 0 saturated heterocycles. The number of nitro benzene ring substituents is 1. The van der Waals surface area contributed by atoms with E-state index in [9.17, 15) is 20.0 Å². The van der Waals surface area contributed by atoms with Crippen LogP contribution in [0, 0.1) is 10.1 Å². The summed E-state index contributed by atoms with van der Waals surface area (Å²) in [6.45, 7) is 1.51. The molecular formula is C22H20N2O4. The number of hydrogen-bond acceptors (Lipinski definition) is 4. The first-order valence-corrected chi connectivity index (χ1v) is 8.78. The highest BCUT2D eigenvalue weighted by Crippen LogP contribution is 2.25. The summed E-state index contributed by atoms with van der Waals surface area (Å²) >= 11 is 0. The van der Waals surface area contributed by atoms with Crippen LogP contribution < -0.4 is 5.32 Å². The van der Waals surface area contributed by atoms with Crippen LogP contribution in [0.1, 0.15) is 22.8 Å². The maximum atomic E-state index is 12.4. The molecule has 3 aromatic rings. The quantitative estimate of drug-likeness (QED) is 0.504. The van der Waals surface area contributed by atoms with Gasteiger partial charge in [-0.05, 0) is 29.7 Å². The molecule has 0 spiro atoms. The predicted octanol–water partition coefficient (Wildman–Crippen LogP) is 3.90. The van der Waals surface area contributed by atoms with Crippen LogP contribution in [-0.2, 0) is 5.60 Å². The van der Waals surface area contributed by atoms with Crippen LogP contribution >= 0.6 is 0 Å². The number of aliphatic hydroxyl groups is 1. The molecule has 0 radical (unpaired) electrons. The van der Waals surface area contributed by atoms with Gasteiger partial charge in [0.1, 0.15) is 11.2 Å². The van der Waals surface area contributed by atoms with Gasteiger partial charge in [-0.3, -0.25) is 14.9 Å². The third-order valence-corrected chi connectivity index (χ3v) is 4.55. The van der Waals surface area contributed by atoms with Crippen molar-refractivity contribution >= 4 is 11.6 Å². The Morgan fingerprint density at radius 1 is 0.964 bits per heavy atom. The Labute approximate surface area is 162 Å². The van der Waals surface area contributed by atoms with Crippen molar-refractivity contribution in [3.05, 3.63) is 100 Å².